The van der Waals surface area contributed by atoms with Gasteiger partial charge in [0.1, 0.15) is 0 Å². The molecular formula is CH4N3O2P. The molecule has 0 unspecified atom stereocenters. The minimum atomic E-state index is -0.557. The molecule has 0 bridgehead atoms. The van der Waals surface area contributed by atoms with E-state index in [2.05, 4.69) is 9.78 Å². The topological polar surface area (TPSA) is 90.7 Å². The summed E-state index contributed by atoms with van der Waals surface area (Å²) in [7, 11) is -0.557. The highest BCUT2D eigenvalue weighted by molar-refractivity contribution is 7.17. The Kier molecular flexibility index (Phi) is 2.96. The Labute approximate surface area is 41.6 Å². The lowest BCUT2D eigenvalue weighted by molar-refractivity contribution is 0.366. The van der Waals surface area contributed by atoms with Crippen LogP contribution in [0.25, 0.3) is 0 Å². The fourth-order valence-corrected chi connectivity index (χ4v) is 0.191. The Morgan fingerprint density at radius 1 is 1.71 bits per heavy atom. The van der Waals surface area contributed by atoms with Gasteiger partial charge in [-0.25, -0.2) is 4.57 Å². The number of hydrogen-bond donors (Lipinski definition) is 2. The van der Waals surface area contributed by atoms with E-state index in [4.69, 9.17) is 11.5 Å². The number of nitrogens with zero attached hydrogens (tertiary/aromatic N) is 1. The van der Waals surface area contributed by atoms with Gasteiger partial charge < -0.3 is 11.5 Å². The zero-order valence-electron chi connectivity index (χ0n) is 3.37. The molecule has 7 heavy (non-hydrogen) atoms. The van der Waals surface area contributed by atoms with Crippen molar-refractivity contribution in [1.29, 1.82) is 0 Å². The lowest BCUT2D eigenvalue weighted by Gasteiger charge is -1.81. The van der Waals surface area contributed by atoms with Crippen LogP contribution in [0.15, 0.2) is 5.16 Å². The largest absolute Gasteiger partial charge is 0.419 e. The van der Waals surface area contributed by atoms with Crippen molar-refractivity contribution in [2.45, 2.75) is 0 Å². The zero-order chi connectivity index (χ0) is 5.70. The summed E-state index contributed by atoms with van der Waals surface area (Å²) in [6.07, 6.45) is 0. The number of rotatable bonds is 2. The van der Waals surface area contributed by atoms with Crippen molar-refractivity contribution in [3.63, 3.8) is 0 Å². The minimum Gasteiger partial charge on any atom is -0.367 e. The normalized spacial score (nSPS) is 8.00. The molecule has 0 aliphatic rings. The molecule has 40 valence electrons. The van der Waals surface area contributed by atoms with Crippen molar-refractivity contribution in [3.05, 3.63) is 0 Å². The van der Waals surface area contributed by atoms with Crippen molar-refractivity contribution in [2.75, 3.05) is 0 Å². The molecule has 4 N–H and O–H groups in total. The van der Waals surface area contributed by atoms with Gasteiger partial charge in [0.15, 0.2) is 0 Å². The predicted octanol–water partition coefficient (Wildman–Crippen LogP) is -0.602. The van der Waals surface area contributed by atoms with E-state index in [1.54, 1.807) is 0 Å². The molecule has 0 rings (SSSR count). The summed E-state index contributed by atoms with van der Waals surface area (Å²) in [5, 5.41) is 2.89. The van der Waals surface area contributed by atoms with Crippen molar-refractivity contribution in [3.8, 4) is 0 Å². The number of guanidine groups is 1. The van der Waals surface area contributed by atoms with E-state index in [0.29, 0.717) is 0 Å². The van der Waals surface area contributed by atoms with Gasteiger partial charge in [0, 0.05) is 0 Å². The van der Waals surface area contributed by atoms with Crippen LogP contribution < -0.4 is 11.5 Å². The van der Waals surface area contributed by atoms with Crippen LogP contribution in [0, 0.1) is 0 Å². The summed E-state index contributed by atoms with van der Waals surface area (Å²) in [4.78, 5) is 0. The molecule has 0 fully saturated rings. The van der Waals surface area contributed by atoms with Crippen molar-refractivity contribution < 1.29 is 9.19 Å². The average molecular weight is 121 g/mol. The van der Waals surface area contributed by atoms with Crippen LogP contribution in [0.4, 0.5) is 0 Å². The molecule has 0 heterocycles. The van der Waals surface area contributed by atoms with E-state index < -0.39 is 8.69 Å². The Morgan fingerprint density at radius 3 is 2.43 bits per heavy atom. The smallest absolute Gasteiger partial charge is 0.367 e. The summed E-state index contributed by atoms with van der Waals surface area (Å²) in [5.74, 6) is -0.247. The van der Waals surface area contributed by atoms with E-state index in [-0.39, 0.29) is 5.96 Å². The van der Waals surface area contributed by atoms with Crippen molar-refractivity contribution in [1.82, 2.24) is 0 Å². The molecule has 0 saturated carbocycles. The minimum absolute atomic E-state index is 0.247. The Balaban J connectivity index is 3.25. The monoisotopic (exact) mass is 121 g/mol. The van der Waals surface area contributed by atoms with Gasteiger partial charge in [-0.2, -0.15) is 0 Å². The third-order valence-corrected chi connectivity index (χ3v) is 0.328. The van der Waals surface area contributed by atoms with Gasteiger partial charge in [-0.3, -0.25) is 4.62 Å². The highest BCUT2D eigenvalue weighted by Gasteiger charge is 1.75. The number of oxime groups is 1. The molecule has 0 aliphatic carbocycles. The standard InChI is InChI=1S/CH4N3O2P/c2-1(3)4-6-7-5/h(H4,2,3,4). The summed E-state index contributed by atoms with van der Waals surface area (Å²) >= 11 is 0. The summed E-state index contributed by atoms with van der Waals surface area (Å²) in [6.45, 7) is 0. The second-order valence-electron chi connectivity index (χ2n) is 0.672. The second kappa shape index (κ2) is 3.36. The number of hydrogen-bond acceptors (Lipinski definition) is 3. The van der Waals surface area contributed by atoms with Gasteiger partial charge in [0.2, 0.25) is 5.96 Å². The fraction of sp³-hybridized carbons (Fsp3) is 0. The van der Waals surface area contributed by atoms with Gasteiger partial charge >= 0.3 is 8.69 Å². The molecule has 0 amide bonds. The average Bonchev–Trinajstić information content (AvgIpc) is 1.61. The maximum Gasteiger partial charge on any atom is 0.419 e. The Bertz CT molecular complexity index is 86.9. The van der Waals surface area contributed by atoms with Crippen LogP contribution in [0.3, 0.4) is 0 Å². The maximum absolute atomic E-state index is 9.37. The second-order valence-corrected chi connectivity index (χ2v) is 0.985. The number of nitrogens with two attached hydrogens (primary N) is 2. The van der Waals surface area contributed by atoms with Gasteiger partial charge in [-0.05, 0) is 5.16 Å². The van der Waals surface area contributed by atoms with E-state index in [1.165, 1.54) is 0 Å². The molecule has 0 aliphatic heterocycles. The van der Waals surface area contributed by atoms with Gasteiger partial charge in [-0.1, -0.05) is 0 Å². The first kappa shape index (κ1) is 6.17. The molecular weight excluding hydrogens is 117 g/mol. The van der Waals surface area contributed by atoms with Gasteiger partial charge in [0.25, 0.3) is 0 Å². The fourth-order valence-electron chi connectivity index (χ4n) is 0.0638. The van der Waals surface area contributed by atoms with Gasteiger partial charge in [-0.15, -0.1) is 0 Å². The first-order valence-corrected chi connectivity index (χ1v) is 2.08. The summed E-state index contributed by atoms with van der Waals surface area (Å²) < 4.78 is 13.2. The maximum atomic E-state index is 9.37. The predicted molar refractivity (Wildman–Crippen MR) is 24.5 cm³/mol. The first-order valence-electron chi connectivity index (χ1n) is 1.35. The van der Waals surface area contributed by atoms with Crippen LogP contribution in [0.2, 0.25) is 0 Å². The summed E-state index contributed by atoms with van der Waals surface area (Å²) in [5.41, 5.74) is 9.48. The van der Waals surface area contributed by atoms with Crippen LogP contribution in [0.5, 0.6) is 0 Å². The summed E-state index contributed by atoms with van der Waals surface area (Å²) in [6, 6.07) is 0. The highest BCUT2D eigenvalue weighted by atomic mass is 31.1. The molecule has 6 heteroatoms. The van der Waals surface area contributed by atoms with E-state index in [0.717, 1.165) is 0 Å². The lowest BCUT2D eigenvalue weighted by atomic mass is 11.1. The third kappa shape index (κ3) is 5.17. The molecule has 0 aromatic heterocycles. The molecule has 0 atom stereocenters. The van der Waals surface area contributed by atoms with Crippen LogP contribution in [-0.4, -0.2) is 5.96 Å². The molecule has 0 radical (unpaired) electrons. The Hall–Kier alpha value is -0.830. The first-order chi connectivity index (χ1) is 3.27. The van der Waals surface area contributed by atoms with Crippen LogP contribution >= 0.6 is 8.69 Å². The van der Waals surface area contributed by atoms with E-state index in [1.807, 2.05) is 0 Å². The molecule has 0 saturated heterocycles. The van der Waals surface area contributed by atoms with E-state index in [9.17, 15) is 4.57 Å². The molecule has 0 aromatic carbocycles. The highest BCUT2D eigenvalue weighted by Crippen LogP contribution is 1.91. The lowest BCUT2D eigenvalue weighted by Crippen LogP contribution is -2.22. The van der Waals surface area contributed by atoms with Crippen molar-refractivity contribution >= 4 is 14.6 Å². The van der Waals surface area contributed by atoms with Gasteiger partial charge in [0.05, 0.1) is 0 Å². The molecule has 0 spiro atoms. The van der Waals surface area contributed by atoms with Crippen molar-refractivity contribution in [2.24, 2.45) is 16.6 Å². The zero-order valence-corrected chi connectivity index (χ0v) is 4.26. The SMILES string of the molecule is NC(N)=NOP=O. The van der Waals surface area contributed by atoms with E-state index >= 15 is 0 Å². The van der Waals surface area contributed by atoms with Crippen LogP contribution in [-0.2, 0) is 9.19 Å². The molecule has 5 nitrogen and oxygen atoms in total. The third-order valence-electron chi connectivity index (χ3n) is 0.180. The van der Waals surface area contributed by atoms with Crippen LogP contribution in [0.1, 0.15) is 0 Å². The quantitative estimate of drug-likeness (QED) is 0.221. The molecule has 0 aromatic rings. The Morgan fingerprint density at radius 2 is 2.29 bits per heavy atom.